The molecule has 1 aromatic heterocycles. The van der Waals surface area contributed by atoms with Crippen LogP contribution in [0.15, 0.2) is 91.0 Å². The molecule has 0 bridgehead atoms. The van der Waals surface area contributed by atoms with Crippen LogP contribution in [0.1, 0.15) is 5.56 Å². The maximum Gasteiger partial charge on any atom is 0.161 e. The van der Waals surface area contributed by atoms with E-state index in [9.17, 15) is 0 Å². The molecular weight excluding hydrogens is 416 g/mol. The van der Waals surface area contributed by atoms with Gasteiger partial charge in [-0.3, -0.25) is 0 Å². The van der Waals surface area contributed by atoms with E-state index >= 15 is 0 Å². The van der Waals surface area contributed by atoms with E-state index in [0.717, 1.165) is 44.6 Å². The lowest BCUT2D eigenvalue weighted by molar-refractivity contribution is 0.415. The molecule has 0 saturated heterocycles. The lowest BCUT2D eigenvalue weighted by atomic mass is 9.98. The lowest BCUT2D eigenvalue weighted by Gasteiger charge is -2.13. The SMILES string of the molecule is COc1ccc(-c2cc(Cl)ccc2-c2nc(-c3ccc(C)cc3)c3ccccc3n2)cc1. The Kier molecular flexibility index (Phi) is 5.34. The molecule has 3 nitrogen and oxygen atoms in total. The number of halogens is 1. The Hall–Kier alpha value is -3.69. The highest BCUT2D eigenvalue weighted by Gasteiger charge is 2.15. The normalized spacial score (nSPS) is 11.0. The average molecular weight is 437 g/mol. The van der Waals surface area contributed by atoms with E-state index in [4.69, 9.17) is 26.3 Å². The Morgan fingerprint density at radius 1 is 0.719 bits per heavy atom. The zero-order chi connectivity index (χ0) is 22.1. The van der Waals surface area contributed by atoms with E-state index in [1.807, 2.05) is 60.7 Å². The number of aryl methyl sites for hydroxylation is 1. The van der Waals surface area contributed by atoms with Crippen LogP contribution in [-0.4, -0.2) is 17.1 Å². The minimum atomic E-state index is 0.666. The highest BCUT2D eigenvalue weighted by atomic mass is 35.5. The van der Waals surface area contributed by atoms with Gasteiger partial charge in [-0.05, 0) is 54.4 Å². The van der Waals surface area contributed by atoms with E-state index in [2.05, 4.69) is 37.3 Å². The molecule has 5 rings (SSSR count). The summed E-state index contributed by atoms with van der Waals surface area (Å²) < 4.78 is 5.31. The van der Waals surface area contributed by atoms with Crippen molar-refractivity contribution in [3.05, 3.63) is 102 Å². The van der Waals surface area contributed by atoms with Crippen LogP contribution < -0.4 is 4.74 Å². The smallest absolute Gasteiger partial charge is 0.161 e. The molecule has 5 aromatic rings. The maximum atomic E-state index is 6.38. The van der Waals surface area contributed by atoms with Gasteiger partial charge >= 0.3 is 0 Å². The number of benzene rings is 4. The van der Waals surface area contributed by atoms with Gasteiger partial charge in [0.1, 0.15) is 5.75 Å². The highest BCUT2D eigenvalue weighted by Crippen LogP contribution is 2.36. The number of fused-ring (bicyclic) bond motifs is 1. The molecule has 0 unspecified atom stereocenters. The molecule has 0 saturated carbocycles. The third-order valence-electron chi connectivity index (χ3n) is 5.55. The quantitative estimate of drug-likeness (QED) is 0.291. The first-order chi connectivity index (χ1) is 15.6. The van der Waals surface area contributed by atoms with Gasteiger partial charge in [0.05, 0.1) is 18.3 Å². The fraction of sp³-hybridized carbons (Fsp3) is 0.0714. The molecule has 0 aliphatic carbocycles. The summed E-state index contributed by atoms with van der Waals surface area (Å²) in [6.45, 7) is 2.09. The largest absolute Gasteiger partial charge is 0.497 e. The number of hydrogen-bond acceptors (Lipinski definition) is 3. The Morgan fingerprint density at radius 3 is 2.19 bits per heavy atom. The van der Waals surface area contributed by atoms with Crippen LogP contribution in [-0.2, 0) is 0 Å². The summed E-state index contributed by atoms with van der Waals surface area (Å²) in [6.07, 6.45) is 0. The first kappa shape index (κ1) is 20.2. The minimum Gasteiger partial charge on any atom is -0.497 e. The number of methoxy groups -OCH3 is 1. The van der Waals surface area contributed by atoms with Gasteiger partial charge in [0.15, 0.2) is 5.82 Å². The average Bonchev–Trinajstić information content (AvgIpc) is 2.84. The molecule has 4 aromatic carbocycles. The summed E-state index contributed by atoms with van der Waals surface area (Å²) in [6, 6.07) is 30.3. The van der Waals surface area contributed by atoms with Crippen molar-refractivity contribution in [1.82, 2.24) is 9.97 Å². The van der Waals surface area contributed by atoms with Crippen LogP contribution in [0.2, 0.25) is 5.02 Å². The summed E-state index contributed by atoms with van der Waals surface area (Å²) in [4.78, 5) is 9.96. The van der Waals surface area contributed by atoms with Crippen molar-refractivity contribution >= 4 is 22.5 Å². The molecule has 32 heavy (non-hydrogen) atoms. The van der Waals surface area contributed by atoms with Crippen LogP contribution in [0, 0.1) is 6.92 Å². The zero-order valence-corrected chi connectivity index (χ0v) is 18.6. The summed E-state index contributed by atoms with van der Waals surface area (Å²) in [7, 11) is 1.66. The number of hydrogen-bond donors (Lipinski definition) is 0. The maximum absolute atomic E-state index is 6.38. The van der Waals surface area contributed by atoms with Gasteiger partial charge in [0, 0.05) is 21.5 Å². The molecule has 0 aliphatic rings. The monoisotopic (exact) mass is 436 g/mol. The second kappa shape index (κ2) is 8.45. The van der Waals surface area contributed by atoms with Gasteiger partial charge in [0.2, 0.25) is 0 Å². The van der Waals surface area contributed by atoms with E-state index < -0.39 is 0 Å². The Balaban J connectivity index is 1.74. The number of para-hydroxylation sites is 1. The second-order valence-electron chi connectivity index (χ2n) is 7.70. The van der Waals surface area contributed by atoms with E-state index in [0.29, 0.717) is 10.8 Å². The summed E-state index contributed by atoms with van der Waals surface area (Å²) in [5.74, 6) is 1.47. The Labute approximate surface area is 192 Å². The van der Waals surface area contributed by atoms with E-state index in [1.165, 1.54) is 5.56 Å². The first-order valence-electron chi connectivity index (χ1n) is 10.4. The predicted octanol–water partition coefficient (Wildman–Crippen LogP) is 7.60. The van der Waals surface area contributed by atoms with Crippen LogP contribution in [0.4, 0.5) is 0 Å². The van der Waals surface area contributed by atoms with Crippen molar-refractivity contribution in [2.24, 2.45) is 0 Å². The van der Waals surface area contributed by atoms with Crippen molar-refractivity contribution in [1.29, 1.82) is 0 Å². The molecule has 1 heterocycles. The molecule has 0 N–H and O–H groups in total. The number of rotatable bonds is 4. The molecule has 156 valence electrons. The molecular formula is C28H21ClN2O. The molecule has 0 radical (unpaired) electrons. The van der Waals surface area contributed by atoms with Crippen molar-refractivity contribution in [3.8, 4) is 39.5 Å². The topological polar surface area (TPSA) is 35.0 Å². The van der Waals surface area contributed by atoms with Crippen LogP contribution in [0.5, 0.6) is 5.75 Å². The standard InChI is InChI=1S/C28H21ClN2O/c1-18-7-9-20(10-8-18)27-24-5-3-4-6-26(24)30-28(31-27)23-16-13-21(29)17-25(23)19-11-14-22(32-2)15-12-19/h3-17H,1-2H3. The fourth-order valence-corrected chi connectivity index (χ4v) is 4.02. The first-order valence-corrected chi connectivity index (χ1v) is 10.8. The van der Waals surface area contributed by atoms with Crippen LogP contribution in [0.25, 0.3) is 44.7 Å². The zero-order valence-electron chi connectivity index (χ0n) is 17.8. The second-order valence-corrected chi connectivity index (χ2v) is 8.13. The minimum absolute atomic E-state index is 0.666. The molecule has 0 aliphatic heterocycles. The van der Waals surface area contributed by atoms with Crippen LogP contribution >= 0.6 is 11.6 Å². The summed E-state index contributed by atoms with van der Waals surface area (Å²) in [5.41, 5.74) is 7.04. The highest BCUT2D eigenvalue weighted by molar-refractivity contribution is 6.31. The summed E-state index contributed by atoms with van der Waals surface area (Å²) >= 11 is 6.38. The van der Waals surface area contributed by atoms with Gasteiger partial charge in [-0.2, -0.15) is 0 Å². The summed E-state index contributed by atoms with van der Waals surface area (Å²) in [5, 5.41) is 1.69. The molecule has 0 amide bonds. The van der Waals surface area contributed by atoms with Gasteiger partial charge in [0.25, 0.3) is 0 Å². The van der Waals surface area contributed by atoms with Crippen molar-refractivity contribution < 1.29 is 4.74 Å². The Morgan fingerprint density at radius 2 is 1.44 bits per heavy atom. The van der Waals surface area contributed by atoms with Gasteiger partial charge < -0.3 is 4.74 Å². The van der Waals surface area contributed by atoms with Crippen LogP contribution in [0.3, 0.4) is 0 Å². The van der Waals surface area contributed by atoms with E-state index in [-0.39, 0.29) is 0 Å². The molecule has 0 spiro atoms. The number of ether oxygens (including phenoxy) is 1. The fourth-order valence-electron chi connectivity index (χ4n) is 3.85. The molecule has 4 heteroatoms. The van der Waals surface area contributed by atoms with Gasteiger partial charge in [-0.15, -0.1) is 0 Å². The lowest BCUT2D eigenvalue weighted by Crippen LogP contribution is -1.97. The van der Waals surface area contributed by atoms with E-state index in [1.54, 1.807) is 7.11 Å². The number of aromatic nitrogens is 2. The third kappa shape index (κ3) is 3.83. The number of nitrogens with zero attached hydrogens (tertiary/aromatic N) is 2. The van der Waals surface area contributed by atoms with Crippen molar-refractivity contribution in [3.63, 3.8) is 0 Å². The van der Waals surface area contributed by atoms with Crippen molar-refractivity contribution in [2.75, 3.05) is 7.11 Å². The molecule has 0 fully saturated rings. The molecule has 0 atom stereocenters. The van der Waals surface area contributed by atoms with Crippen molar-refractivity contribution in [2.45, 2.75) is 6.92 Å². The van der Waals surface area contributed by atoms with Gasteiger partial charge in [-0.25, -0.2) is 9.97 Å². The predicted molar refractivity (Wildman–Crippen MR) is 132 cm³/mol. The third-order valence-corrected chi connectivity index (χ3v) is 5.79. The van der Waals surface area contributed by atoms with Gasteiger partial charge in [-0.1, -0.05) is 71.8 Å². The Bertz CT molecular complexity index is 1410.